The Bertz CT molecular complexity index is 485. The van der Waals surface area contributed by atoms with E-state index in [0.717, 1.165) is 11.1 Å². The Labute approximate surface area is 105 Å². The van der Waals surface area contributed by atoms with Crippen LogP contribution in [0.15, 0.2) is 12.1 Å². The van der Waals surface area contributed by atoms with E-state index in [1.165, 1.54) is 13.2 Å². The Morgan fingerprint density at radius 1 is 1.39 bits per heavy atom. The van der Waals surface area contributed by atoms with Gasteiger partial charge in [-0.2, -0.15) is 0 Å². The molecule has 0 bridgehead atoms. The van der Waals surface area contributed by atoms with E-state index in [-0.39, 0.29) is 11.4 Å². The first-order chi connectivity index (χ1) is 8.36. The zero-order valence-electron chi connectivity index (χ0n) is 10.8. The fourth-order valence-corrected chi connectivity index (χ4v) is 1.39. The molecule has 0 spiro atoms. The minimum absolute atomic E-state index is 0.116. The maximum atomic E-state index is 11.7. The summed E-state index contributed by atoms with van der Waals surface area (Å²) in [4.78, 5) is 22.1. The van der Waals surface area contributed by atoms with E-state index in [2.05, 4.69) is 5.32 Å². The molecule has 0 saturated heterocycles. The zero-order valence-corrected chi connectivity index (χ0v) is 10.8. The largest absolute Gasteiger partial charge is 0.372 e. The van der Waals surface area contributed by atoms with Gasteiger partial charge in [0.15, 0.2) is 0 Å². The molecule has 0 aliphatic carbocycles. The number of methoxy groups -OCH3 is 1. The molecular formula is C12H16N2O4. The fraction of sp³-hybridized carbons (Fsp3) is 0.417. The lowest BCUT2D eigenvalue weighted by atomic mass is 10.1. The molecule has 0 fully saturated rings. The number of nitrogens with zero attached hydrogens (tertiary/aromatic N) is 1. The lowest BCUT2D eigenvalue weighted by molar-refractivity contribution is -0.384. The molecule has 1 amide bonds. The van der Waals surface area contributed by atoms with Crippen LogP contribution in [0.5, 0.6) is 0 Å². The minimum Gasteiger partial charge on any atom is -0.372 e. The SMILES string of the molecule is COC(C)C(=O)Nc1cc(C)c(C)cc1[N+](=O)[O-]. The van der Waals surface area contributed by atoms with E-state index in [9.17, 15) is 14.9 Å². The normalized spacial score (nSPS) is 12.0. The third kappa shape index (κ3) is 3.04. The van der Waals surface area contributed by atoms with Gasteiger partial charge >= 0.3 is 0 Å². The second-order valence-electron chi connectivity index (χ2n) is 4.08. The van der Waals surface area contributed by atoms with Crippen LogP contribution in [-0.4, -0.2) is 24.0 Å². The van der Waals surface area contributed by atoms with E-state index in [1.807, 2.05) is 6.92 Å². The standard InChI is InChI=1S/C12H16N2O4/c1-7-5-10(13-12(15)9(3)18-4)11(14(16)17)6-8(7)2/h5-6,9H,1-4H3,(H,13,15). The first-order valence-electron chi connectivity index (χ1n) is 5.46. The number of carbonyl (C=O) groups excluding carboxylic acids is 1. The summed E-state index contributed by atoms with van der Waals surface area (Å²) in [5, 5.41) is 13.4. The number of aryl methyl sites for hydroxylation is 2. The van der Waals surface area contributed by atoms with Gasteiger partial charge in [0, 0.05) is 13.2 Å². The second-order valence-corrected chi connectivity index (χ2v) is 4.08. The molecule has 1 rings (SSSR count). The molecule has 0 saturated carbocycles. The van der Waals surface area contributed by atoms with Crippen molar-refractivity contribution >= 4 is 17.3 Å². The number of hydrogen-bond acceptors (Lipinski definition) is 4. The number of nitrogens with one attached hydrogen (secondary N) is 1. The highest BCUT2D eigenvalue weighted by atomic mass is 16.6. The first kappa shape index (κ1) is 14.1. The molecule has 1 aromatic rings. The third-order valence-corrected chi connectivity index (χ3v) is 2.79. The van der Waals surface area contributed by atoms with Gasteiger partial charge in [0.1, 0.15) is 11.8 Å². The highest BCUT2D eigenvalue weighted by Gasteiger charge is 2.20. The quantitative estimate of drug-likeness (QED) is 0.657. The van der Waals surface area contributed by atoms with Gasteiger partial charge < -0.3 is 10.1 Å². The summed E-state index contributed by atoms with van der Waals surface area (Å²) in [6, 6.07) is 3.04. The van der Waals surface area contributed by atoms with Crippen LogP contribution < -0.4 is 5.32 Å². The van der Waals surface area contributed by atoms with Crippen molar-refractivity contribution in [2.45, 2.75) is 26.9 Å². The van der Waals surface area contributed by atoms with E-state index in [1.54, 1.807) is 19.9 Å². The number of nitro benzene ring substituents is 1. The average molecular weight is 252 g/mol. The van der Waals surface area contributed by atoms with Crippen molar-refractivity contribution in [3.05, 3.63) is 33.4 Å². The van der Waals surface area contributed by atoms with E-state index < -0.39 is 16.9 Å². The van der Waals surface area contributed by atoms with Crippen LogP contribution in [0.3, 0.4) is 0 Å². The molecule has 0 aromatic heterocycles. The van der Waals surface area contributed by atoms with Gasteiger partial charge in [-0.15, -0.1) is 0 Å². The number of carbonyl (C=O) groups is 1. The predicted molar refractivity (Wildman–Crippen MR) is 67.7 cm³/mol. The number of amides is 1. The molecule has 1 N–H and O–H groups in total. The molecule has 6 nitrogen and oxygen atoms in total. The van der Waals surface area contributed by atoms with Gasteiger partial charge in [0.2, 0.25) is 0 Å². The van der Waals surface area contributed by atoms with Crippen LogP contribution in [0.4, 0.5) is 11.4 Å². The monoisotopic (exact) mass is 252 g/mol. The Hall–Kier alpha value is -1.95. The molecule has 0 aliphatic heterocycles. The Morgan fingerprint density at radius 2 is 1.94 bits per heavy atom. The highest BCUT2D eigenvalue weighted by molar-refractivity contribution is 5.96. The van der Waals surface area contributed by atoms with Crippen molar-refractivity contribution in [3.63, 3.8) is 0 Å². The molecule has 1 atom stereocenters. The number of nitro groups is 1. The number of rotatable bonds is 4. The van der Waals surface area contributed by atoms with Crippen LogP contribution >= 0.6 is 0 Å². The van der Waals surface area contributed by atoms with Crippen LogP contribution in [0.25, 0.3) is 0 Å². The Kier molecular flexibility index (Phi) is 4.38. The topological polar surface area (TPSA) is 81.5 Å². The minimum atomic E-state index is -0.661. The lowest BCUT2D eigenvalue weighted by Gasteiger charge is -2.12. The number of hydrogen-bond donors (Lipinski definition) is 1. The second kappa shape index (κ2) is 5.59. The van der Waals surface area contributed by atoms with Crippen molar-refractivity contribution in [2.24, 2.45) is 0 Å². The van der Waals surface area contributed by atoms with E-state index >= 15 is 0 Å². The Balaban J connectivity index is 3.11. The van der Waals surface area contributed by atoms with Crippen molar-refractivity contribution in [1.82, 2.24) is 0 Å². The molecule has 1 aromatic carbocycles. The van der Waals surface area contributed by atoms with Crippen LogP contribution in [0, 0.1) is 24.0 Å². The summed E-state index contributed by atoms with van der Waals surface area (Å²) < 4.78 is 4.86. The highest BCUT2D eigenvalue weighted by Crippen LogP contribution is 2.28. The van der Waals surface area contributed by atoms with Crippen LogP contribution in [0.2, 0.25) is 0 Å². The van der Waals surface area contributed by atoms with Crippen molar-refractivity contribution < 1.29 is 14.5 Å². The molecule has 18 heavy (non-hydrogen) atoms. The van der Waals surface area contributed by atoms with Gasteiger partial charge in [0.25, 0.3) is 11.6 Å². The van der Waals surface area contributed by atoms with E-state index in [0.29, 0.717) is 0 Å². The van der Waals surface area contributed by atoms with Gasteiger partial charge in [-0.05, 0) is 38.0 Å². The summed E-state index contributed by atoms with van der Waals surface area (Å²) in [6.45, 7) is 5.18. The van der Waals surface area contributed by atoms with Crippen molar-refractivity contribution in [3.8, 4) is 0 Å². The third-order valence-electron chi connectivity index (χ3n) is 2.79. The summed E-state index contributed by atoms with van der Waals surface area (Å²) in [6.07, 6.45) is -0.661. The predicted octanol–water partition coefficient (Wildman–Crippen LogP) is 2.19. The van der Waals surface area contributed by atoms with Gasteiger partial charge in [-0.25, -0.2) is 0 Å². The van der Waals surface area contributed by atoms with Crippen molar-refractivity contribution in [1.29, 1.82) is 0 Å². The van der Waals surface area contributed by atoms with E-state index in [4.69, 9.17) is 4.74 Å². The first-order valence-corrected chi connectivity index (χ1v) is 5.46. The van der Waals surface area contributed by atoms with Gasteiger partial charge in [-0.3, -0.25) is 14.9 Å². The maximum Gasteiger partial charge on any atom is 0.293 e. The summed E-state index contributed by atoms with van der Waals surface area (Å²) in [5.74, 6) is -0.413. The molecule has 0 aliphatic rings. The zero-order chi connectivity index (χ0) is 13.9. The Morgan fingerprint density at radius 3 is 2.44 bits per heavy atom. The molecule has 0 radical (unpaired) electrons. The van der Waals surface area contributed by atoms with Crippen molar-refractivity contribution in [2.75, 3.05) is 12.4 Å². The maximum absolute atomic E-state index is 11.7. The van der Waals surface area contributed by atoms with Crippen LogP contribution in [-0.2, 0) is 9.53 Å². The summed E-state index contributed by atoms with van der Waals surface area (Å²) >= 11 is 0. The van der Waals surface area contributed by atoms with Gasteiger partial charge in [-0.1, -0.05) is 0 Å². The molecule has 1 unspecified atom stereocenters. The lowest BCUT2D eigenvalue weighted by Crippen LogP contribution is -2.26. The molecule has 0 heterocycles. The molecule has 6 heteroatoms. The van der Waals surface area contributed by atoms with Crippen LogP contribution in [0.1, 0.15) is 18.1 Å². The smallest absolute Gasteiger partial charge is 0.293 e. The number of benzene rings is 1. The summed E-state index contributed by atoms with van der Waals surface area (Å²) in [5.41, 5.74) is 1.76. The summed E-state index contributed by atoms with van der Waals surface area (Å²) in [7, 11) is 1.40. The fourth-order valence-electron chi connectivity index (χ4n) is 1.39. The van der Waals surface area contributed by atoms with Gasteiger partial charge in [0.05, 0.1) is 4.92 Å². The number of anilines is 1. The number of ether oxygens (including phenoxy) is 1. The molecular weight excluding hydrogens is 236 g/mol. The average Bonchev–Trinajstić information content (AvgIpc) is 2.31. The molecule has 98 valence electrons.